The molecule has 0 saturated heterocycles. The molecule has 30 heavy (non-hydrogen) atoms. The topological polar surface area (TPSA) is 50.5 Å². The number of benzene rings is 3. The molecule has 1 aliphatic rings. The van der Waals surface area contributed by atoms with Crippen LogP contribution in [0.1, 0.15) is 33.3 Å². The van der Waals surface area contributed by atoms with Gasteiger partial charge in [-0.1, -0.05) is 41.4 Å². The third-order valence-corrected chi connectivity index (χ3v) is 5.57. The van der Waals surface area contributed by atoms with Gasteiger partial charge in [-0.3, -0.25) is 14.5 Å². The molecule has 0 spiro atoms. The minimum absolute atomic E-state index is 0.00952. The first-order valence-electron chi connectivity index (χ1n) is 9.36. The number of aryl methyl sites for hydroxylation is 1. The van der Waals surface area contributed by atoms with E-state index in [1.165, 1.54) is 23.1 Å². The van der Waals surface area contributed by atoms with Gasteiger partial charge in [0.2, 0.25) is 5.76 Å². The van der Waals surface area contributed by atoms with Crippen molar-refractivity contribution in [2.45, 2.75) is 13.0 Å². The van der Waals surface area contributed by atoms with E-state index in [0.717, 1.165) is 5.56 Å². The molecule has 1 amide bonds. The third kappa shape index (κ3) is 2.82. The van der Waals surface area contributed by atoms with E-state index in [0.29, 0.717) is 27.2 Å². The van der Waals surface area contributed by atoms with Gasteiger partial charge >= 0.3 is 0 Å². The summed E-state index contributed by atoms with van der Waals surface area (Å²) in [7, 11) is 0. The summed E-state index contributed by atoms with van der Waals surface area (Å²) in [6, 6.07) is 17.2. The lowest BCUT2D eigenvalue weighted by atomic mass is 9.98. The Bertz CT molecular complexity index is 1360. The number of carbonyl (C=O) groups excluding carboxylic acids is 1. The zero-order chi connectivity index (χ0) is 21.0. The van der Waals surface area contributed by atoms with Crippen molar-refractivity contribution in [3.05, 3.63) is 110 Å². The van der Waals surface area contributed by atoms with Gasteiger partial charge in [0.15, 0.2) is 5.43 Å². The highest BCUT2D eigenvalue weighted by Crippen LogP contribution is 2.41. The Balaban J connectivity index is 1.81. The van der Waals surface area contributed by atoms with Crippen molar-refractivity contribution in [3.8, 4) is 0 Å². The number of anilines is 1. The molecule has 1 atom stereocenters. The summed E-state index contributed by atoms with van der Waals surface area (Å²) >= 11 is 6.08. The summed E-state index contributed by atoms with van der Waals surface area (Å²) < 4.78 is 19.4. The van der Waals surface area contributed by atoms with Crippen molar-refractivity contribution >= 4 is 34.2 Å². The average molecular weight is 420 g/mol. The molecule has 1 aliphatic heterocycles. The molecule has 6 heteroatoms. The lowest BCUT2D eigenvalue weighted by molar-refractivity contribution is 0.0971. The predicted octanol–water partition coefficient (Wildman–Crippen LogP) is 5.64. The molecule has 5 rings (SSSR count). The minimum atomic E-state index is -0.740. The SMILES string of the molecule is Cc1ccc(N2C(=O)c3oc4ccc(Cl)cc4c(=O)c3C2c2ccc(F)cc2)cc1. The van der Waals surface area contributed by atoms with Crippen LogP contribution in [0, 0.1) is 12.7 Å². The maximum atomic E-state index is 13.6. The second-order valence-electron chi connectivity index (χ2n) is 7.28. The Morgan fingerprint density at radius 3 is 2.37 bits per heavy atom. The summed E-state index contributed by atoms with van der Waals surface area (Å²) in [5.41, 5.74) is 2.45. The van der Waals surface area contributed by atoms with Crippen molar-refractivity contribution in [2.75, 3.05) is 4.90 Å². The number of amides is 1. The van der Waals surface area contributed by atoms with E-state index in [1.807, 2.05) is 31.2 Å². The van der Waals surface area contributed by atoms with Crippen molar-refractivity contribution in [1.82, 2.24) is 0 Å². The molecule has 3 aromatic carbocycles. The van der Waals surface area contributed by atoms with E-state index >= 15 is 0 Å². The highest BCUT2D eigenvalue weighted by Gasteiger charge is 2.43. The summed E-state index contributed by atoms with van der Waals surface area (Å²) in [6.45, 7) is 1.95. The molecule has 1 aromatic heterocycles. The predicted molar refractivity (Wildman–Crippen MR) is 114 cm³/mol. The normalized spacial score (nSPS) is 15.6. The van der Waals surface area contributed by atoms with Crippen molar-refractivity contribution < 1.29 is 13.6 Å². The smallest absolute Gasteiger partial charge is 0.295 e. The van der Waals surface area contributed by atoms with E-state index in [4.69, 9.17) is 16.0 Å². The zero-order valence-electron chi connectivity index (χ0n) is 15.9. The highest BCUT2D eigenvalue weighted by molar-refractivity contribution is 6.31. The van der Waals surface area contributed by atoms with E-state index in [-0.39, 0.29) is 16.8 Å². The Labute approximate surface area is 176 Å². The van der Waals surface area contributed by atoms with Crippen molar-refractivity contribution in [3.63, 3.8) is 0 Å². The van der Waals surface area contributed by atoms with Crippen LogP contribution in [0.4, 0.5) is 10.1 Å². The monoisotopic (exact) mass is 419 g/mol. The Morgan fingerprint density at radius 2 is 1.67 bits per heavy atom. The summed E-state index contributed by atoms with van der Waals surface area (Å²) in [5, 5.41) is 0.694. The number of nitrogens with zero attached hydrogens (tertiary/aromatic N) is 1. The summed E-state index contributed by atoms with van der Waals surface area (Å²) in [4.78, 5) is 28.3. The van der Waals surface area contributed by atoms with Crippen LogP contribution in [0.2, 0.25) is 5.02 Å². The van der Waals surface area contributed by atoms with Gasteiger partial charge in [0.05, 0.1) is 17.0 Å². The van der Waals surface area contributed by atoms with Gasteiger partial charge in [0, 0.05) is 10.7 Å². The van der Waals surface area contributed by atoms with Gasteiger partial charge in [-0.15, -0.1) is 0 Å². The molecule has 0 radical (unpaired) electrons. The number of hydrogen-bond donors (Lipinski definition) is 0. The molecule has 0 saturated carbocycles. The molecule has 0 bridgehead atoms. The number of halogens is 2. The maximum Gasteiger partial charge on any atom is 0.295 e. The molecule has 1 unspecified atom stereocenters. The van der Waals surface area contributed by atoms with Crippen LogP contribution in [-0.2, 0) is 0 Å². The van der Waals surface area contributed by atoms with E-state index in [1.54, 1.807) is 24.3 Å². The first-order chi connectivity index (χ1) is 14.4. The minimum Gasteiger partial charge on any atom is -0.450 e. The fraction of sp³-hybridized carbons (Fsp3) is 0.0833. The Kier molecular flexibility index (Phi) is 4.22. The van der Waals surface area contributed by atoms with Crippen molar-refractivity contribution in [1.29, 1.82) is 0 Å². The molecule has 0 N–H and O–H groups in total. The standard InChI is InChI=1S/C24H15ClFNO3/c1-13-2-9-17(10-3-13)27-21(14-4-7-16(26)8-5-14)20-22(28)18-12-15(25)6-11-19(18)30-23(20)24(27)29/h2-12,21H,1H3. The van der Waals surface area contributed by atoms with Crippen LogP contribution >= 0.6 is 11.6 Å². The molecule has 0 aliphatic carbocycles. The molecule has 4 aromatic rings. The van der Waals surface area contributed by atoms with E-state index < -0.39 is 17.8 Å². The van der Waals surface area contributed by atoms with Crippen LogP contribution in [-0.4, -0.2) is 5.91 Å². The number of fused-ring (bicyclic) bond motifs is 2. The van der Waals surface area contributed by atoms with Crippen LogP contribution in [0.15, 0.2) is 75.9 Å². The van der Waals surface area contributed by atoms with E-state index in [2.05, 4.69) is 0 Å². The molecule has 0 fully saturated rings. The van der Waals surface area contributed by atoms with Crippen LogP contribution in [0.5, 0.6) is 0 Å². The van der Waals surface area contributed by atoms with Gasteiger partial charge in [-0.25, -0.2) is 4.39 Å². The summed E-state index contributed by atoms with van der Waals surface area (Å²) in [6.07, 6.45) is 0. The first kappa shape index (κ1) is 18.6. The second kappa shape index (κ2) is 6.82. The summed E-state index contributed by atoms with van der Waals surface area (Å²) in [5.74, 6) is -0.829. The zero-order valence-corrected chi connectivity index (χ0v) is 16.6. The van der Waals surface area contributed by atoms with Gasteiger partial charge in [-0.05, 0) is 55.0 Å². The lowest BCUT2D eigenvalue weighted by Gasteiger charge is -2.25. The quantitative estimate of drug-likeness (QED) is 0.422. The largest absolute Gasteiger partial charge is 0.450 e. The van der Waals surface area contributed by atoms with Gasteiger partial charge in [-0.2, -0.15) is 0 Å². The third-order valence-electron chi connectivity index (χ3n) is 5.33. The fourth-order valence-corrected chi connectivity index (χ4v) is 4.05. The van der Waals surface area contributed by atoms with Gasteiger partial charge in [0.25, 0.3) is 5.91 Å². The van der Waals surface area contributed by atoms with Crippen LogP contribution in [0.25, 0.3) is 11.0 Å². The Hall–Kier alpha value is -3.44. The molecule has 148 valence electrons. The van der Waals surface area contributed by atoms with Gasteiger partial charge in [0.1, 0.15) is 11.4 Å². The second-order valence-corrected chi connectivity index (χ2v) is 7.72. The molecular weight excluding hydrogens is 405 g/mol. The maximum absolute atomic E-state index is 13.6. The average Bonchev–Trinajstić information content (AvgIpc) is 3.03. The van der Waals surface area contributed by atoms with E-state index in [9.17, 15) is 14.0 Å². The number of carbonyl (C=O) groups is 1. The number of rotatable bonds is 2. The Morgan fingerprint density at radius 1 is 0.967 bits per heavy atom. The lowest BCUT2D eigenvalue weighted by Crippen LogP contribution is -2.29. The van der Waals surface area contributed by atoms with Gasteiger partial charge < -0.3 is 4.42 Å². The number of hydrogen-bond acceptors (Lipinski definition) is 3. The molecular formula is C24H15ClFNO3. The highest BCUT2D eigenvalue weighted by atomic mass is 35.5. The van der Waals surface area contributed by atoms with Crippen molar-refractivity contribution in [2.24, 2.45) is 0 Å². The fourth-order valence-electron chi connectivity index (χ4n) is 3.88. The molecule has 2 heterocycles. The first-order valence-corrected chi connectivity index (χ1v) is 9.74. The molecule has 4 nitrogen and oxygen atoms in total. The van der Waals surface area contributed by atoms with Crippen LogP contribution in [0.3, 0.4) is 0 Å². The van der Waals surface area contributed by atoms with Crippen LogP contribution < -0.4 is 10.3 Å².